The van der Waals surface area contributed by atoms with Gasteiger partial charge in [-0.3, -0.25) is 9.59 Å². The van der Waals surface area contributed by atoms with Crippen LogP contribution in [0.1, 0.15) is 10.5 Å². The summed E-state index contributed by atoms with van der Waals surface area (Å²) in [6, 6.07) is 0. The minimum absolute atomic E-state index is 0.267. The van der Waals surface area contributed by atoms with E-state index >= 15 is 0 Å². The summed E-state index contributed by atoms with van der Waals surface area (Å²) in [6.07, 6.45) is 3.90. The number of carbonyl (C=O) groups is 2. The van der Waals surface area contributed by atoms with Crippen LogP contribution in [0, 0.1) is 0 Å². The lowest BCUT2D eigenvalue weighted by Gasteiger charge is -2.33. The van der Waals surface area contributed by atoms with Gasteiger partial charge in [0, 0.05) is 39.8 Å². The molecule has 0 spiro atoms. The molecule has 1 saturated heterocycles. The predicted octanol–water partition coefficient (Wildman–Crippen LogP) is -0.869. The summed E-state index contributed by atoms with van der Waals surface area (Å²) in [7, 11) is 1.57. The summed E-state index contributed by atoms with van der Waals surface area (Å²) in [4.78, 5) is 34.6. The molecule has 1 fully saturated rings. The number of hydrogen-bond acceptors (Lipinski definition) is 6. The number of nitrogens with zero attached hydrogens (tertiary/aromatic N) is 4. The predicted molar refractivity (Wildman–Crippen MR) is 76.1 cm³/mol. The van der Waals surface area contributed by atoms with E-state index in [2.05, 4.69) is 15.3 Å². The molecule has 1 aromatic rings. The molecule has 0 bridgehead atoms. The molecule has 2 rings (SSSR count). The molecule has 8 heteroatoms. The van der Waals surface area contributed by atoms with Gasteiger partial charge in [0.25, 0.3) is 5.91 Å². The van der Waals surface area contributed by atoms with E-state index in [4.69, 9.17) is 4.74 Å². The number of methoxy groups -OCH3 is 1. The highest BCUT2D eigenvalue weighted by Crippen LogP contribution is 2.11. The summed E-state index contributed by atoms with van der Waals surface area (Å²) in [5.41, 5.74) is 0.279. The Kier molecular flexibility index (Phi) is 5.44. The van der Waals surface area contributed by atoms with Gasteiger partial charge in [0.15, 0.2) is 0 Å². The second-order valence-electron chi connectivity index (χ2n) is 4.64. The van der Waals surface area contributed by atoms with Gasteiger partial charge in [0.05, 0.1) is 19.0 Å². The number of aromatic nitrogens is 2. The third-order valence-corrected chi connectivity index (χ3v) is 3.25. The Balaban J connectivity index is 1.90. The fourth-order valence-corrected chi connectivity index (χ4v) is 2.02. The first-order chi connectivity index (χ1) is 10.2. The van der Waals surface area contributed by atoms with Crippen LogP contribution in [0.15, 0.2) is 12.4 Å². The van der Waals surface area contributed by atoms with E-state index in [9.17, 15) is 9.59 Å². The molecule has 1 aliphatic rings. The van der Waals surface area contributed by atoms with Crippen LogP contribution < -0.4 is 10.2 Å². The van der Waals surface area contributed by atoms with Gasteiger partial charge in [-0.05, 0) is 0 Å². The molecule has 0 saturated carbocycles. The number of nitrogens with one attached hydrogen (secondary N) is 1. The summed E-state index contributed by atoms with van der Waals surface area (Å²) in [5, 5.41) is 2.69. The van der Waals surface area contributed by atoms with Gasteiger partial charge in [-0.15, -0.1) is 0 Å². The normalized spacial score (nSPS) is 14.9. The second kappa shape index (κ2) is 7.53. The average molecular weight is 293 g/mol. The molecular formula is C13H19N5O3. The highest BCUT2D eigenvalue weighted by atomic mass is 16.5. The van der Waals surface area contributed by atoms with Gasteiger partial charge < -0.3 is 19.9 Å². The van der Waals surface area contributed by atoms with Gasteiger partial charge in [-0.2, -0.15) is 0 Å². The SMILES string of the molecule is COCCNC(=O)c1cnc(N2CCN(C=O)CC2)cn1. The standard InChI is InChI=1S/C13H19N5O3/c1-21-7-2-14-13(20)11-8-16-12(9-15-11)18-5-3-17(10-19)4-6-18/h8-10H,2-7H2,1H3,(H,14,20). The van der Waals surface area contributed by atoms with Crippen molar-refractivity contribution in [2.24, 2.45) is 0 Å². The van der Waals surface area contributed by atoms with Crippen molar-refractivity contribution in [3.05, 3.63) is 18.1 Å². The van der Waals surface area contributed by atoms with Crippen LogP contribution in [0.5, 0.6) is 0 Å². The molecule has 0 aromatic carbocycles. The van der Waals surface area contributed by atoms with Crippen LogP contribution in [0.3, 0.4) is 0 Å². The third-order valence-electron chi connectivity index (χ3n) is 3.25. The maximum absolute atomic E-state index is 11.8. The lowest BCUT2D eigenvalue weighted by atomic mass is 10.3. The number of ether oxygens (including phenoxy) is 1. The minimum atomic E-state index is -0.267. The molecule has 2 heterocycles. The molecular weight excluding hydrogens is 274 g/mol. The lowest BCUT2D eigenvalue weighted by molar-refractivity contribution is -0.118. The number of hydrogen-bond donors (Lipinski definition) is 1. The van der Waals surface area contributed by atoms with Gasteiger partial charge in [0.1, 0.15) is 11.5 Å². The maximum atomic E-state index is 11.8. The highest BCUT2D eigenvalue weighted by molar-refractivity contribution is 5.91. The summed E-state index contributed by atoms with van der Waals surface area (Å²) >= 11 is 0. The molecule has 0 unspecified atom stereocenters. The van der Waals surface area contributed by atoms with E-state index < -0.39 is 0 Å². The fraction of sp³-hybridized carbons (Fsp3) is 0.538. The second-order valence-corrected chi connectivity index (χ2v) is 4.64. The van der Waals surface area contributed by atoms with Crippen molar-refractivity contribution in [3.63, 3.8) is 0 Å². The number of amides is 2. The fourth-order valence-electron chi connectivity index (χ4n) is 2.02. The van der Waals surface area contributed by atoms with Crippen molar-refractivity contribution >= 4 is 18.1 Å². The van der Waals surface area contributed by atoms with Crippen LogP contribution >= 0.6 is 0 Å². The summed E-state index contributed by atoms with van der Waals surface area (Å²) < 4.78 is 4.86. The smallest absolute Gasteiger partial charge is 0.271 e. The lowest BCUT2D eigenvalue weighted by Crippen LogP contribution is -2.46. The number of anilines is 1. The number of carbonyl (C=O) groups excluding carboxylic acids is 2. The molecule has 0 aliphatic carbocycles. The molecule has 0 atom stereocenters. The van der Waals surface area contributed by atoms with E-state index in [1.54, 1.807) is 18.2 Å². The van der Waals surface area contributed by atoms with Crippen LogP contribution in [-0.2, 0) is 9.53 Å². The quantitative estimate of drug-likeness (QED) is 0.542. The number of piperazine rings is 1. The van der Waals surface area contributed by atoms with E-state index in [1.165, 1.54) is 6.20 Å². The molecule has 114 valence electrons. The van der Waals surface area contributed by atoms with E-state index in [1.807, 2.05) is 4.90 Å². The van der Waals surface area contributed by atoms with Crippen molar-refractivity contribution in [2.75, 3.05) is 51.3 Å². The van der Waals surface area contributed by atoms with Crippen molar-refractivity contribution in [1.82, 2.24) is 20.2 Å². The van der Waals surface area contributed by atoms with Crippen LogP contribution in [0.4, 0.5) is 5.82 Å². The van der Waals surface area contributed by atoms with Crippen LogP contribution in [-0.4, -0.2) is 73.6 Å². The zero-order valence-corrected chi connectivity index (χ0v) is 12.0. The summed E-state index contributed by atoms with van der Waals surface area (Å²) in [5.74, 6) is 0.450. The van der Waals surface area contributed by atoms with Gasteiger partial charge in [-0.25, -0.2) is 9.97 Å². The average Bonchev–Trinajstić information content (AvgIpc) is 2.55. The Labute approximate surface area is 123 Å². The Hall–Kier alpha value is -2.22. The van der Waals surface area contributed by atoms with Crippen LogP contribution in [0.25, 0.3) is 0 Å². The minimum Gasteiger partial charge on any atom is -0.383 e. The third kappa shape index (κ3) is 4.12. The van der Waals surface area contributed by atoms with Crippen molar-refractivity contribution in [3.8, 4) is 0 Å². The van der Waals surface area contributed by atoms with Gasteiger partial charge in [-0.1, -0.05) is 0 Å². The molecule has 0 radical (unpaired) electrons. The molecule has 1 N–H and O–H groups in total. The van der Waals surface area contributed by atoms with Gasteiger partial charge in [0.2, 0.25) is 6.41 Å². The zero-order valence-electron chi connectivity index (χ0n) is 12.0. The molecule has 8 nitrogen and oxygen atoms in total. The zero-order chi connectivity index (χ0) is 15.1. The van der Waals surface area contributed by atoms with E-state index in [-0.39, 0.29) is 11.6 Å². The highest BCUT2D eigenvalue weighted by Gasteiger charge is 2.17. The molecule has 1 aromatic heterocycles. The first kappa shape index (κ1) is 15.2. The van der Waals surface area contributed by atoms with Gasteiger partial charge >= 0.3 is 0 Å². The van der Waals surface area contributed by atoms with Crippen LogP contribution in [0.2, 0.25) is 0 Å². The topological polar surface area (TPSA) is 87.7 Å². The van der Waals surface area contributed by atoms with Crippen molar-refractivity contribution in [2.45, 2.75) is 0 Å². The Morgan fingerprint density at radius 1 is 1.33 bits per heavy atom. The van der Waals surface area contributed by atoms with Crippen molar-refractivity contribution < 1.29 is 14.3 Å². The largest absolute Gasteiger partial charge is 0.383 e. The molecule has 1 aliphatic heterocycles. The Bertz CT molecular complexity index is 471. The summed E-state index contributed by atoms with van der Waals surface area (Å²) in [6.45, 7) is 3.67. The maximum Gasteiger partial charge on any atom is 0.271 e. The Morgan fingerprint density at radius 2 is 2.10 bits per heavy atom. The monoisotopic (exact) mass is 293 g/mol. The first-order valence-corrected chi connectivity index (χ1v) is 6.78. The molecule has 21 heavy (non-hydrogen) atoms. The van der Waals surface area contributed by atoms with E-state index in [0.717, 1.165) is 6.41 Å². The van der Waals surface area contributed by atoms with E-state index in [0.29, 0.717) is 45.1 Å². The van der Waals surface area contributed by atoms with Crippen molar-refractivity contribution in [1.29, 1.82) is 0 Å². The molecule has 2 amide bonds. The number of rotatable bonds is 6. The first-order valence-electron chi connectivity index (χ1n) is 6.78. The Morgan fingerprint density at radius 3 is 2.67 bits per heavy atom.